The van der Waals surface area contributed by atoms with E-state index in [2.05, 4.69) is 10.5 Å². The van der Waals surface area contributed by atoms with Crippen LogP contribution in [0.2, 0.25) is 0 Å². The lowest BCUT2D eigenvalue weighted by Gasteiger charge is -2.21. The smallest absolute Gasteiger partial charge is 0.256 e. The van der Waals surface area contributed by atoms with Gasteiger partial charge in [-0.15, -0.1) is 0 Å². The molecule has 0 spiro atoms. The number of hydrogen-bond acceptors (Lipinski definition) is 5. The molecule has 3 rings (SSSR count). The Morgan fingerprint density at radius 1 is 1.12 bits per heavy atom. The Morgan fingerprint density at radius 2 is 1.81 bits per heavy atom. The van der Waals surface area contributed by atoms with Gasteiger partial charge in [-0.3, -0.25) is 4.79 Å². The van der Waals surface area contributed by atoms with Crippen LogP contribution in [0.15, 0.2) is 33.7 Å². The first kappa shape index (κ1) is 18.6. The van der Waals surface area contributed by atoms with E-state index in [0.29, 0.717) is 30.2 Å². The molecule has 0 unspecified atom stereocenters. The fraction of sp³-hybridized carbons (Fsp3) is 0.444. The first-order chi connectivity index (χ1) is 12.4. The Hall–Kier alpha value is -2.19. The minimum atomic E-state index is -3.62. The molecule has 1 aliphatic heterocycles. The number of hydrogen-bond donors (Lipinski definition) is 1. The molecule has 140 valence electrons. The molecule has 0 bridgehead atoms. The van der Waals surface area contributed by atoms with Crippen LogP contribution in [0, 0.1) is 13.8 Å². The summed E-state index contributed by atoms with van der Waals surface area (Å²) in [7, 11) is -3.62. The second kappa shape index (κ2) is 7.59. The van der Waals surface area contributed by atoms with Gasteiger partial charge in [-0.2, -0.15) is 4.31 Å². The van der Waals surface area contributed by atoms with Gasteiger partial charge in [0.1, 0.15) is 5.76 Å². The SMILES string of the molecule is Cc1cc(NC(=O)c2ccc(C)c(S(=O)(=O)N3CCCCCC3)c2)no1. The summed E-state index contributed by atoms with van der Waals surface area (Å²) in [6.07, 6.45) is 3.82. The van der Waals surface area contributed by atoms with Gasteiger partial charge in [0, 0.05) is 24.7 Å². The molecular formula is C18H23N3O4S. The fourth-order valence-electron chi connectivity index (χ4n) is 3.05. The van der Waals surface area contributed by atoms with E-state index < -0.39 is 15.9 Å². The molecule has 2 aromatic rings. The van der Waals surface area contributed by atoms with Gasteiger partial charge in [0.15, 0.2) is 5.82 Å². The van der Waals surface area contributed by atoms with E-state index in [0.717, 1.165) is 25.7 Å². The first-order valence-corrected chi connectivity index (χ1v) is 10.2. The number of aromatic nitrogens is 1. The van der Waals surface area contributed by atoms with Gasteiger partial charge in [-0.25, -0.2) is 8.42 Å². The summed E-state index contributed by atoms with van der Waals surface area (Å²) in [6.45, 7) is 4.51. The third-order valence-electron chi connectivity index (χ3n) is 4.50. The van der Waals surface area contributed by atoms with Crippen molar-refractivity contribution in [2.75, 3.05) is 18.4 Å². The maximum atomic E-state index is 13.1. The van der Waals surface area contributed by atoms with Gasteiger partial charge in [0.25, 0.3) is 5.91 Å². The molecule has 1 N–H and O–H groups in total. The Labute approximate surface area is 153 Å². The number of benzene rings is 1. The van der Waals surface area contributed by atoms with Crippen LogP contribution in [0.5, 0.6) is 0 Å². The van der Waals surface area contributed by atoms with Gasteiger partial charge < -0.3 is 9.84 Å². The third-order valence-corrected chi connectivity index (χ3v) is 6.54. The van der Waals surface area contributed by atoms with Crippen molar-refractivity contribution < 1.29 is 17.7 Å². The number of carbonyl (C=O) groups is 1. The fourth-order valence-corrected chi connectivity index (χ4v) is 4.82. The van der Waals surface area contributed by atoms with Crippen LogP contribution in [-0.4, -0.2) is 36.9 Å². The predicted molar refractivity (Wildman–Crippen MR) is 97.6 cm³/mol. The molecular weight excluding hydrogens is 354 g/mol. The summed E-state index contributed by atoms with van der Waals surface area (Å²) < 4.78 is 32.6. The van der Waals surface area contributed by atoms with Gasteiger partial charge in [0.05, 0.1) is 4.90 Å². The molecule has 1 amide bonds. The summed E-state index contributed by atoms with van der Waals surface area (Å²) in [5.41, 5.74) is 0.896. The number of rotatable bonds is 4. The zero-order valence-electron chi connectivity index (χ0n) is 15.0. The minimum absolute atomic E-state index is 0.184. The predicted octanol–water partition coefficient (Wildman–Crippen LogP) is 3.11. The molecule has 1 saturated heterocycles. The van der Waals surface area contributed by atoms with Crippen molar-refractivity contribution in [2.24, 2.45) is 0 Å². The average Bonchev–Trinajstić information content (AvgIpc) is 2.85. The number of carbonyl (C=O) groups excluding carboxylic acids is 1. The molecule has 2 heterocycles. The largest absolute Gasteiger partial charge is 0.360 e. The molecule has 1 aromatic carbocycles. The summed E-state index contributed by atoms with van der Waals surface area (Å²) >= 11 is 0. The van der Waals surface area contributed by atoms with E-state index >= 15 is 0 Å². The van der Waals surface area contributed by atoms with Crippen LogP contribution >= 0.6 is 0 Å². The highest BCUT2D eigenvalue weighted by Crippen LogP contribution is 2.24. The van der Waals surface area contributed by atoms with Crippen LogP contribution in [-0.2, 0) is 10.0 Å². The first-order valence-electron chi connectivity index (χ1n) is 8.73. The van der Waals surface area contributed by atoms with E-state index in [1.807, 2.05) is 0 Å². The van der Waals surface area contributed by atoms with Crippen molar-refractivity contribution in [3.63, 3.8) is 0 Å². The number of amides is 1. The lowest BCUT2D eigenvalue weighted by atomic mass is 10.1. The van der Waals surface area contributed by atoms with Crippen molar-refractivity contribution in [2.45, 2.75) is 44.4 Å². The van der Waals surface area contributed by atoms with Crippen LogP contribution < -0.4 is 5.32 Å². The van der Waals surface area contributed by atoms with Gasteiger partial charge in [0.2, 0.25) is 10.0 Å². The summed E-state index contributed by atoms with van der Waals surface area (Å²) in [5.74, 6) is 0.448. The van der Waals surface area contributed by atoms with Crippen LogP contribution in [0.1, 0.15) is 47.4 Å². The van der Waals surface area contributed by atoms with E-state index in [1.165, 1.54) is 10.4 Å². The lowest BCUT2D eigenvalue weighted by molar-refractivity contribution is 0.102. The highest BCUT2D eigenvalue weighted by Gasteiger charge is 2.27. The van der Waals surface area contributed by atoms with E-state index in [9.17, 15) is 13.2 Å². The Morgan fingerprint density at radius 3 is 2.42 bits per heavy atom. The molecule has 0 saturated carbocycles. The minimum Gasteiger partial charge on any atom is -0.360 e. The maximum absolute atomic E-state index is 13.1. The summed E-state index contributed by atoms with van der Waals surface area (Å²) in [6, 6.07) is 6.31. The topological polar surface area (TPSA) is 92.5 Å². The molecule has 7 nitrogen and oxygen atoms in total. The van der Waals surface area contributed by atoms with Crippen molar-refractivity contribution in [3.8, 4) is 0 Å². The van der Waals surface area contributed by atoms with Crippen LogP contribution in [0.4, 0.5) is 5.82 Å². The number of sulfonamides is 1. The monoisotopic (exact) mass is 377 g/mol. The number of anilines is 1. The summed E-state index contributed by atoms with van der Waals surface area (Å²) in [5, 5.41) is 6.33. The molecule has 0 radical (unpaired) electrons. The molecule has 0 atom stereocenters. The normalized spacial score (nSPS) is 16.2. The van der Waals surface area contributed by atoms with Crippen LogP contribution in [0.25, 0.3) is 0 Å². The lowest BCUT2D eigenvalue weighted by Crippen LogP contribution is -2.32. The van der Waals surface area contributed by atoms with E-state index in [1.54, 1.807) is 32.0 Å². The standard InChI is InChI=1S/C18H23N3O4S/c1-13-7-8-15(18(22)19-17-11-14(2)25-20-17)12-16(13)26(23,24)21-9-5-3-4-6-10-21/h7-8,11-12H,3-6,9-10H2,1-2H3,(H,19,20,22). The summed E-state index contributed by atoms with van der Waals surface area (Å²) in [4.78, 5) is 12.6. The molecule has 1 aliphatic rings. The molecule has 0 aliphatic carbocycles. The quantitative estimate of drug-likeness (QED) is 0.884. The second-order valence-corrected chi connectivity index (χ2v) is 8.48. The molecule has 8 heteroatoms. The molecule has 26 heavy (non-hydrogen) atoms. The van der Waals surface area contributed by atoms with E-state index in [4.69, 9.17) is 4.52 Å². The Bertz CT molecular complexity index is 897. The maximum Gasteiger partial charge on any atom is 0.256 e. The van der Waals surface area contributed by atoms with Crippen molar-refractivity contribution in [1.29, 1.82) is 0 Å². The highest BCUT2D eigenvalue weighted by atomic mass is 32.2. The Balaban J connectivity index is 1.88. The van der Waals surface area contributed by atoms with Crippen molar-refractivity contribution in [3.05, 3.63) is 41.2 Å². The van der Waals surface area contributed by atoms with Crippen molar-refractivity contribution >= 4 is 21.7 Å². The van der Waals surface area contributed by atoms with Crippen LogP contribution in [0.3, 0.4) is 0 Å². The number of nitrogens with one attached hydrogen (secondary N) is 1. The van der Waals surface area contributed by atoms with Crippen molar-refractivity contribution in [1.82, 2.24) is 9.46 Å². The molecule has 1 aromatic heterocycles. The van der Waals surface area contributed by atoms with Gasteiger partial charge >= 0.3 is 0 Å². The number of nitrogens with zero attached hydrogens (tertiary/aromatic N) is 2. The average molecular weight is 377 g/mol. The zero-order valence-corrected chi connectivity index (χ0v) is 15.8. The second-order valence-electron chi connectivity index (χ2n) is 6.58. The van der Waals surface area contributed by atoms with E-state index in [-0.39, 0.29) is 10.5 Å². The van der Waals surface area contributed by atoms with Gasteiger partial charge in [-0.05, 0) is 44.4 Å². The van der Waals surface area contributed by atoms with Gasteiger partial charge in [-0.1, -0.05) is 24.1 Å². The third kappa shape index (κ3) is 3.96. The zero-order chi connectivity index (χ0) is 18.7. The highest BCUT2D eigenvalue weighted by molar-refractivity contribution is 7.89. The Kier molecular flexibility index (Phi) is 5.43. The molecule has 1 fully saturated rings. The number of aryl methyl sites for hydroxylation is 2.